The summed E-state index contributed by atoms with van der Waals surface area (Å²) in [5.74, 6) is 3.91. The number of nitrogens with zero attached hydrogens (tertiary/aromatic N) is 1. The highest BCUT2D eigenvalue weighted by Crippen LogP contribution is 2.48. The van der Waals surface area contributed by atoms with Gasteiger partial charge in [0.05, 0.1) is 0 Å². The van der Waals surface area contributed by atoms with E-state index in [1.54, 1.807) is 0 Å². The third-order valence-electron chi connectivity index (χ3n) is 2.74. The van der Waals surface area contributed by atoms with Crippen LogP contribution in [0.5, 0.6) is 0 Å². The van der Waals surface area contributed by atoms with Crippen molar-refractivity contribution < 1.29 is 18.0 Å². The number of likely N-dealkylation sites (tertiary alicyclic amines) is 1. The molecular weight excluding hydrogens is 207 g/mol. The summed E-state index contributed by atoms with van der Waals surface area (Å²) in [6.45, 7) is 1.61. The van der Waals surface area contributed by atoms with Crippen LogP contribution in [0, 0.1) is 17.3 Å². The molecule has 1 aliphatic rings. The molecule has 0 spiro atoms. The van der Waals surface area contributed by atoms with Crippen molar-refractivity contribution >= 4 is 5.91 Å². The average Bonchev–Trinajstić information content (AvgIpc) is 2.42. The van der Waals surface area contributed by atoms with Crippen LogP contribution in [0.2, 0.25) is 0 Å². The van der Waals surface area contributed by atoms with E-state index in [0.29, 0.717) is 0 Å². The van der Waals surface area contributed by atoms with Crippen molar-refractivity contribution in [2.45, 2.75) is 25.9 Å². The van der Waals surface area contributed by atoms with Crippen molar-refractivity contribution in [2.24, 2.45) is 5.41 Å². The fraction of sp³-hybridized carbons (Fsp3) is 0.700. The fourth-order valence-electron chi connectivity index (χ4n) is 1.70. The number of halogens is 3. The van der Waals surface area contributed by atoms with E-state index in [9.17, 15) is 18.0 Å². The summed E-state index contributed by atoms with van der Waals surface area (Å²) in [6.07, 6.45) is -5.14. The second-order valence-electron chi connectivity index (χ2n) is 3.66. The van der Waals surface area contributed by atoms with Gasteiger partial charge in [0.25, 0.3) is 0 Å². The van der Waals surface area contributed by atoms with Gasteiger partial charge in [-0.2, -0.15) is 13.2 Å². The number of hydrogen-bond acceptors (Lipinski definition) is 1. The number of rotatable bonds is 1. The Morgan fingerprint density at radius 1 is 1.53 bits per heavy atom. The molecule has 1 rings (SSSR count). The number of hydrogen-bond donors (Lipinski definition) is 0. The zero-order valence-corrected chi connectivity index (χ0v) is 8.61. The van der Waals surface area contributed by atoms with Gasteiger partial charge in [0, 0.05) is 20.0 Å². The molecule has 1 atom stereocenters. The lowest BCUT2D eigenvalue weighted by atomic mass is 9.82. The van der Waals surface area contributed by atoms with E-state index in [2.05, 4.69) is 11.8 Å². The first kappa shape index (κ1) is 11.9. The summed E-state index contributed by atoms with van der Waals surface area (Å²) >= 11 is 0. The van der Waals surface area contributed by atoms with Crippen molar-refractivity contribution in [3.05, 3.63) is 0 Å². The van der Waals surface area contributed by atoms with Crippen molar-refractivity contribution in [1.82, 2.24) is 4.90 Å². The molecule has 0 bridgehead atoms. The van der Waals surface area contributed by atoms with Gasteiger partial charge in [-0.1, -0.05) is 0 Å². The van der Waals surface area contributed by atoms with Gasteiger partial charge in [0.2, 0.25) is 5.91 Å². The Balaban J connectivity index is 3.07. The first-order valence-electron chi connectivity index (χ1n) is 4.57. The van der Waals surface area contributed by atoms with Crippen LogP contribution >= 0.6 is 0 Å². The van der Waals surface area contributed by atoms with Crippen LogP contribution in [0.1, 0.15) is 19.8 Å². The molecule has 0 aromatic carbocycles. The Hall–Kier alpha value is -1.18. The number of alkyl halides is 3. The summed E-state index contributed by atoms with van der Waals surface area (Å²) in [4.78, 5) is 12.6. The molecule has 1 unspecified atom stereocenters. The third-order valence-corrected chi connectivity index (χ3v) is 2.74. The largest absolute Gasteiger partial charge is 0.404 e. The quantitative estimate of drug-likeness (QED) is 0.616. The molecule has 0 radical (unpaired) electrons. The summed E-state index contributed by atoms with van der Waals surface area (Å²) in [7, 11) is 1.38. The average molecular weight is 219 g/mol. The van der Waals surface area contributed by atoms with Crippen molar-refractivity contribution in [2.75, 3.05) is 13.6 Å². The lowest BCUT2D eigenvalue weighted by Crippen LogP contribution is -2.44. The van der Waals surface area contributed by atoms with Crippen LogP contribution < -0.4 is 0 Å². The molecule has 1 heterocycles. The second kappa shape index (κ2) is 3.76. The molecule has 0 aromatic heterocycles. The van der Waals surface area contributed by atoms with E-state index >= 15 is 0 Å². The minimum atomic E-state index is -4.52. The van der Waals surface area contributed by atoms with Crippen LogP contribution in [0.25, 0.3) is 0 Å². The van der Waals surface area contributed by atoms with Crippen molar-refractivity contribution in [3.8, 4) is 11.8 Å². The van der Waals surface area contributed by atoms with Gasteiger partial charge in [-0.05, 0) is 13.3 Å². The molecule has 0 aromatic rings. The highest BCUT2D eigenvalue weighted by Gasteiger charge is 2.63. The molecule has 0 N–H and O–H groups in total. The van der Waals surface area contributed by atoms with Crippen LogP contribution in [-0.4, -0.2) is 30.6 Å². The van der Waals surface area contributed by atoms with Crippen LogP contribution in [0.3, 0.4) is 0 Å². The monoisotopic (exact) mass is 219 g/mol. The van der Waals surface area contributed by atoms with E-state index in [1.807, 2.05) is 0 Å². The fourth-order valence-corrected chi connectivity index (χ4v) is 1.70. The van der Waals surface area contributed by atoms with E-state index in [-0.39, 0.29) is 13.0 Å². The topological polar surface area (TPSA) is 20.3 Å². The minimum Gasteiger partial charge on any atom is -0.345 e. The summed E-state index contributed by atoms with van der Waals surface area (Å²) in [6, 6.07) is 0. The molecule has 15 heavy (non-hydrogen) atoms. The first-order chi connectivity index (χ1) is 6.85. The highest BCUT2D eigenvalue weighted by atomic mass is 19.4. The van der Waals surface area contributed by atoms with Gasteiger partial charge < -0.3 is 4.90 Å². The van der Waals surface area contributed by atoms with E-state index in [1.165, 1.54) is 14.0 Å². The van der Waals surface area contributed by atoms with Gasteiger partial charge in [-0.25, -0.2) is 0 Å². The predicted octanol–water partition coefficient (Wildman–Crippen LogP) is 1.81. The Labute approximate surface area is 86.4 Å². The lowest BCUT2D eigenvalue weighted by molar-refractivity contribution is -0.217. The molecule has 0 saturated carbocycles. The molecule has 2 nitrogen and oxygen atoms in total. The molecule has 5 heteroatoms. The van der Waals surface area contributed by atoms with E-state index in [4.69, 9.17) is 0 Å². The van der Waals surface area contributed by atoms with Crippen LogP contribution in [0.4, 0.5) is 13.2 Å². The van der Waals surface area contributed by atoms with Crippen LogP contribution in [-0.2, 0) is 4.79 Å². The standard InChI is InChI=1S/C10H12F3NO/c1-3-4-5-9(10(11,12)13)6-7-14(2)8(9)15/h5-7H2,1-2H3. The maximum atomic E-state index is 12.8. The number of amides is 1. The normalized spacial score (nSPS) is 26.5. The smallest absolute Gasteiger partial charge is 0.345 e. The Morgan fingerprint density at radius 3 is 2.47 bits per heavy atom. The summed E-state index contributed by atoms with van der Waals surface area (Å²) in [5.41, 5.74) is -2.27. The molecular formula is C10H12F3NO. The molecule has 1 amide bonds. The molecule has 0 aliphatic carbocycles. The zero-order chi connectivity index (χ0) is 11.7. The second-order valence-corrected chi connectivity index (χ2v) is 3.66. The number of carbonyl (C=O) groups is 1. The Bertz CT molecular complexity index is 326. The van der Waals surface area contributed by atoms with Gasteiger partial charge >= 0.3 is 6.18 Å². The Morgan fingerprint density at radius 2 is 2.13 bits per heavy atom. The van der Waals surface area contributed by atoms with E-state index < -0.39 is 23.9 Å². The van der Waals surface area contributed by atoms with Crippen molar-refractivity contribution in [3.63, 3.8) is 0 Å². The number of carbonyl (C=O) groups excluding carboxylic acids is 1. The zero-order valence-electron chi connectivity index (χ0n) is 8.61. The molecule has 1 fully saturated rings. The Kier molecular flexibility index (Phi) is 2.98. The van der Waals surface area contributed by atoms with E-state index in [0.717, 1.165) is 4.90 Å². The summed E-state index contributed by atoms with van der Waals surface area (Å²) in [5, 5.41) is 0. The van der Waals surface area contributed by atoms with Gasteiger partial charge in [0.15, 0.2) is 5.41 Å². The maximum absolute atomic E-state index is 12.8. The lowest BCUT2D eigenvalue weighted by Gasteiger charge is -2.27. The third kappa shape index (κ3) is 1.81. The van der Waals surface area contributed by atoms with Gasteiger partial charge in [-0.15, -0.1) is 11.8 Å². The molecule has 1 aliphatic heterocycles. The minimum absolute atomic E-state index is 0.143. The van der Waals surface area contributed by atoms with Crippen LogP contribution in [0.15, 0.2) is 0 Å². The molecule has 84 valence electrons. The van der Waals surface area contributed by atoms with Gasteiger partial charge in [-0.3, -0.25) is 4.79 Å². The summed E-state index contributed by atoms with van der Waals surface area (Å²) < 4.78 is 38.5. The predicted molar refractivity (Wildman–Crippen MR) is 48.8 cm³/mol. The maximum Gasteiger partial charge on any atom is 0.404 e. The molecule has 1 saturated heterocycles. The van der Waals surface area contributed by atoms with Gasteiger partial charge in [0.1, 0.15) is 0 Å². The highest BCUT2D eigenvalue weighted by molar-refractivity contribution is 5.85. The van der Waals surface area contributed by atoms with Crippen molar-refractivity contribution in [1.29, 1.82) is 0 Å². The SMILES string of the molecule is CC#CCC1(C(F)(F)F)CCN(C)C1=O. The first-order valence-corrected chi connectivity index (χ1v) is 4.57.